The minimum Gasteiger partial charge on any atom is -0.478 e. The molecule has 0 spiro atoms. The molecule has 1 aromatic carbocycles. The molecule has 0 saturated heterocycles. The molecular weight excluding hydrogens is 222 g/mol. The Kier molecular flexibility index (Phi) is 2.38. The number of rotatable bonds is 1. The van der Waals surface area contributed by atoms with E-state index in [1.54, 1.807) is 12.1 Å². The van der Waals surface area contributed by atoms with Gasteiger partial charge in [-0.1, -0.05) is 0 Å². The number of carboxylic acid groups (broad SMARTS) is 1. The van der Waals surface area contributed by atoms with Gasteiger partial charge in [0, 0.05) is 10.2 Å². The van der Waals surface area contributed by atoms with E-state index in [-0.39, 0.29) is 11.3 Å². The van der Waals surface area contributed by atoms with Crippen molar-refractivity contribution in [2.75, 3.05) is 5.73 Å². The molecule has 64 valence electrons. The average Bonchev–Trinajstić information content (AvgIpc) is 1.82. The second-order valence-electron chi connectivity index (χ2n) is 2.52. The van der Waals surface area contributed by atoms with E-state index in [0.717, 1.165) is 5.56 Å². The van der Waals surface area contributed by atoms with Crippen LogP contribution in [0.15, 0.2) is 16.6 Å². The van der Waals surface area contributed by atoms with Crippen molar-refractivity contribution in [1.82, 2.24) is 0 Å². The first kappa shape index (κ1) is 9.06. The fraction of sp³-hybridized carbons (Fsp3) is 0.125. The highest BCUT2D eigenvalue weighted by atomic mass is 79.9. The Hall–Kier alpha value is -1.03. The van der Waals surface area contributed by atoms with Crippen LogP contribution < -0.4 is 5.73 Å². The fourth-order valence-electron chi connectivity index (χ4n) is 0.995. The molecule has 0 unspecified atom stereocenters. The van der Waals surface area contributed by atoms with E-state index in [1.165, 1.54) is 0 Å². The van der Waals surface area contributed by atoms with E-state index in [9.17, 15) is 4.79 Å². The van der Waals surface area contributed by atoms with Gasteiger partial charge in [0.15, 0.2) is 0 Å². The molecule has 0 atom stereocenters. The van der Waals surface area contributed by atoms with Crippen LogP contribution in [-0.2, 0) is 0 Å². The third-order valence-corrected chi connectivity index (χ3v) is 2.10. The summed E-state index contributed by atoms with van der Waals surface area (Å²) in [6.45, 7) is 1.85. The molecule has 0 radical (unpaired) electrons. The molecular formula is C8H8BrNO2. The van der Waals surface area contributed by atoms with Crippen molar-refractivity contribution in [2.24, 2.45) is 0 Å². The molecule has 0 amide bonds. The maximum atomic E-state index is 10.6. The minimum atomic E-state index is -1.01. The molecule has 0 fully saturated rings. The number of benzene rings is 1. The summed E-state index contributed by atoms with van der Waals surface area (Å²) in [6, 6.07) is 3.36. The molecule has 3 N–H and O–H groups in total. The normalized spacial score (nSPS) is 9.83. The maximum absolute atomic E-state index is 10.6. The number of anilines is 1. The molecule has 0 aromatic heterocycles. The van der Waals surface area contributed by atoms with Crippen LogP contribution >= 0.6 is 15.9 Å². The van der Waals surface area contributed by atoms with Gasteiger partial charge in [0.25, 0.3) is 0 Å². The van der Waals surface area contributed by atoms with Crippen LogP contribution in [0.4, 0.5) is 5.69 Å². The zero-order chi connectivity index (χ0) is 9.30. The Balaban J connectivity index is 3.38. The lowest BCUT2D eigenvalue weighted by Gasteiger charge is -2.04. The zero-order valence-electron chi connectivity index (χ0n) is 6.47. The van der Waals surface area contributed by atoms with Crippen LogP contribution in [0.25, 0.3) is 0 Å². The van der Waals surface area contributed by atoms with Gasteiger partial charge in [-0.3, -0.25) is 0 Å². The molecule has 1 aromatic rings. The van der Waals surface area contributed by atoms with E-state index in [4.69, 9.17) is 10.8 Å². The first-order chi connectivity index (χ1) is 5.52. The summed E-state index contributed by atoms with van der Waals surface area (Å²) in [5.74, 6) is -1.01. The van der Waals surface area contributed by atoms with Crippen LogP contribution in [-0.4, -0.2) is 11.1 Å². The van der Waals surface area contributed by atoms with E-state index < -0.39 is 5.97 Å². The molecule has 0 bridgehead atoms. The lowest BCUT2D eigenvalue weighted by atomic mass is 10.1. The van der Waals surface area contributed by atoms with E-state index in [2.05, 4.69) is 15.9 Å². The highest BCUT2D eigenvalue weighted by Crippen LogP contribution is 2.24. The quantitative estimate of drug-likeness (QED) is 0.725. The average molecular weight is 230 g/mol. The van der Waals surface area contributed by atoms with Crippen LogP contribution in [0, 0.1) is 6.92 Å². The number of aromatic carboxylic acids is 1. The summed E-state index contributed by atoms with van der Waals surface area (Å²) in [4.78, 5) is 10.6. The Morgan fingerprint density at radius 1 is 1.58 bits per heavy atom. The van der Waals surface area contributed by atoms with Gasteiger partial charge in [-0.15, -0.1) is 0 Å². The van der Waals surface area contributed by atoms with Crippen molar-refractivity contribution in [1.29, 1.82) is 0 Å². The van der Waals surface area contributed by atoms with Crippen molar-refractivity contribution in [2.45, 2.75) is 6.92 Å². The number of nitrogen functional groups attached to an aromatic ring is 1. The van der Waals surface area contributed by atoms with Gasteiger partial charge >= 0.3 is 5.97 Å². The largest absolute Gasteiger partial charge is 0.478 e. The summed E-state index contributed by atoms with van der Waals surface area (Å²) in [5, 5.41) is 8.73. The van der Waals surface area contributed by atoms with E-state index in [0.29, 0.717) is 4.47 Å². The van der Waals surface area contributed by atoms with Gasteiger partial charge in [0.05, 0.1) is 5.56 Å². The highest BCUT2D eigenvalue weighted by Gasteiger charge is 2.12. The highest BCUT2D eigenvalue weighted by molar-refractivity contribution is 9.10. The Bertz CT molecular complexity index is 313. The van der Waals surface area contributed by atoms with Gasteiger partial charge in [-0.05, 0) is 40.5 Å². The summed E-state index contributed by atoms with van der Waals surface area (Å²) < 4.78 is 0.521. The predicted molar refractivity (Wildman–Crippen MR) is 50.3 cm³/mol. The first-order valence-corrected chi connectivity index (χ1v) is 4.10. The number of carbonyl (C=O) groups is 1. The van der Waals surface area contributed by atoms with Crippen molar-refractivity contribution >= 4 is 27.6 Å². The van der Waals surface area contributed by atoms with Gasteiger partial charge in [-0.25, -0.2) is 4.79 Å². The third kappa shape index (κ3) is 1.58. The summed E-state index contributed by atoms with van der Waals surface area (Å²) in [6.07, 6.45) is 0. The Labute approximate surface area is 78.3 Å². The number of hydrogen-bond donors (Lipinski definition) is 2. The standard InChI is InChI=1S/C8H8BrNO2/c1-4-2-5(9)7(8(11)12)6(10)3-4/h2-3H,10H2,1H3,(H,11,12). The van der Waals surface area contributed by atoms with Crippen molar-refractivity contribution < 1.29 is 9.90 Å². The van der Waals surface area contributed by atoms with Crippen LogP contribution in [0.1, 0.15) is 15.9 Å². The first-order valence-electron chi connectivity index (χ1n) is 3.31. The SMILES string of the molecule is Cc1cc(N)c(C(=O)O)c(Br)c1. The number of nitrogens with two attached hydrogens (primary N) is 1. The Morgan fingerprint density at radius 2 is 2.17 bits per heavy atom. The molecule has 0 aliphatic rings. The molecule has 0 saturated carbocycles. The topological polar surface area (TPSA) is 63.3 Å². The predicted octanol–water partition coefficient (Wildman–Crippen LogP) is 2.04. The molecule has 12 heavy (non-hydrogen) atoms. The lowest BCUT2D eigenvalue weighted by molar-refractivity contribution is 0.0697. The van der Waals surface area contributed by atoms with Crippen LogP contribution in [0.5, 0.6) is 0 Å². The van der Waals surface area contributed by atoms with E-state index in [1.807, 2.05) is 6.92 Å². The second kappa shape index (κ2) is 3.15. The number of hydrogen-bond acceptors (Lipinski definition) is 2. The molecule has 0 heterocycles. The van der Waals surface area contributed by atoms with Gasteiger partial charge in [0.2, 0.25) is 0 Å². The van der Waals surface area contributed by atoms with Crippen molar-refractivity contribution in [3.05, 3.63) is 27.7 Å². The number of aryl methyl sites for hydroxylation is 1. The summed E-state index contributed by atoms with van der Waals surface area (Å²) in [5.41, 5.74) is 6.86. The fourth-order valence-corrected chi connectivity index (χ4v) is 1.75. The van der Waals surface area contributed by atoms with Gasteiger partial charge in [0.1, 0.15) is 0 Å². The Morgan fingerprint density at radius 3 is 2.58 bits per heavy atom. The number of halogens is 1. The molecule has 1 rings (SSSR count). The third-order valence-electron chi connectivity index (χ3n) is 1.48. The monoisotopic (exact) mass is 229 g/mol. The van der Waals surface area contributed by atoms with Crippen molar-refractivity contribution in [3.8, 4) is 0 Å². The maximum Gasteiger partial charge on any atom is 0.338 e. The van der Waals surface area contributed by atoms with Gasteiger partial charge < -0.3 is 10.8 Å². The molecule has 0 aliphatic heterocycles. The van der Waals surface area contributed by atoms with E-state index >= 15 is 0 Å². The second-order valence-corrected chi connectivity index (χ2v) is 3.37. The number of carboxylic acids is 1. The lowest BCUT2D eigenvalue weighted by Crippen LogP contribution is -2.03. The smallest absolute Gasteiger partial charge is 0.338 e. The van der Waals surface area contributed by atoms with Crippen LogP contribution in [0.2, 0.25) is 0 Å². The zero-order valence-corrected chi connectivity index (χ0v) is 8.05. The summed E-state index contributed by atoms with van der Waals surface area (Å²) >= 11 is 3.14. The minimum absolute atomic E-state index is 0.126. The van der Waals surface area contributed by atoms with Crippen LogP contribution in [0.3, 0.4) is 0 Å². The summed E-state index contributed by atoms with van der Waals surface area (Å²) in [7, 11) is 0. The van der Waals surface area contributed by atoms with Gasteiger partial charge in [-0.2, -0.15) is 0 Å². The van der Waals surface area contributed by atoms with Crippen molar-refractivity contribution in [3.63, 3.8) is 0 Å². The molecule has 4 heteroatoms. The molecule has 0 aliphatic carbocycles. The molecule has 3 nitrogen and oxygen atoms in total.